The number of hydrogen-bond acceptors (Lipinski definition) is 3. The van der Waals surface area contributed by atoms with Crippen molar-refractivity contribution in [2.75, 3.05) is 18.4 Å². The number of ether oxygens (including phenoxy) is 1. The molecule has 1 aliphatic heterocycles. The number of anilines is 1. The zero-order chi connectivity index (χ0) is 17.8. The van der Waals surface area contributed by atoms with E-state index in [2.05, 4.69) is 11.9 Å². The summed E-state index contributed by atoms with van der Waals surface area (Å²) < 4.78 is 18.8. The van der Waals surface area contributed by atoms with Crippen LogP contribution in [0.15, 0.2) is 61.2 Å². The van der Waals surface area contributed by atoms with Gasteiger partial charge in [-0.2, -0.15) is 0 Å². The second-order valence-corrected chi connectivity index (χ2v) is 5.68. The highest BCUT2D eigenvalue weighted by Gasteiger charge is 2.32. The highest BCUT2D eigenvalue weighted by molar-refractivity contribution is 5.99. The van der Waals surface area contributed by atoms with Gasteiger partial charge < -0.3 is 15.0 Å². The molecule has 0 spiro atoms. The number of carbonyl (C=O) groups is 2. The lowest BCUT2D eigenvalue weighted by molar-refractivity contribution is -0.111. The van der Waals surface area contributed by atoms with Crippen molar-refractivity contribution in [1.29, 1.82) is 0 Å². The Morgan fingerprint density at radius 1 is 1.20 bits per heavy atom. The maximum atomic E-state index is 13.1. The maximum Gasteiger partial charge on any atom is 0.254 e. The van der Waals surface area contributed by atoms with Crippen LogP contribution in [-0.2, 0) is 4.79 Å². The molecule has 5 nitrogen and oxygen atoms in total. The highest BCUT2D eigenvalue weighted by atomic mass is 19.1. The highest BCUT2D eigenvalue weighted by Crippen LogP contribution is 2.21. The van der Waals surface area contributed by atoms with E-state index in [4.69, 9.17) is 4.74 Å². The topological polar surface area (TPSA) is 58.6 Å². The van der Waals surface area contributed by atoms with E-state index in [0.29, 0.717) is 30.1 Å². The van der Waals surface area contributed by atoms with Gasteiger partial charge in [-0.05, 0) is 42.5 Å². The summed E-state index contributed by atoms with van der Waals surface area (Å²) >= 11 is 0. The minimum absolute atomic E-state index is 0.110. The summed E-state index contributed by atoms with van der Waals surface area (Å²) in [5.41, 5.74) is 1.12. The molecule has 0 atom stereocenters. The van der Waals surface area contributed by atoms with Crippen molar-refractivity contribution in [3.63, 3.8) is 0 Å². The Kier molecular flexibility index (Phi) is 4.79. The average molecular weight is 340 g/mol. The van der Waals surface area contributed by atoms with E-state index in [1.165, 1.54) is 18.2 Å². The van der Waals surface area contributed by atoms with E-state index in [-0.39, 0.29) is 23.7 Å². The van der Waals surface area contributed by atoms with Gasteiger partial charge in [-0.3, -0.25) is 9.59 Å². The van der Waals surface area contributed by atoms with Gasteiger partial charge in [-0.15, -0.1) is 0 Å². The number of benzene rings is 2. The minimum Gasteiger partial charge on any atom is -0.487 e. The predicted octanol–water partition coefficient (Wildman–Crippen LogP) is 2.85. The Morgan fingerprint density at radius 3 is 2.56 bits per heavy atom. The van der Waals surface area contributed by atoms with Gasteiger partial charge in [0.05, 0.1) is 13.1 Å². The molecule has 0 aromatic heterocycles. The number of nitrogens with one attached hydrogen (secondary N) is 1. The molecular formula is C19H17FN2O3. The van der Waals surface area contributed by atoms with Crippen molar-refractivity contribution in [3.05, 3.63) is 72.6 Å². The van der Waals surface area contributed by atoms with Crippen LogP contribution in [0.2, 0.25) is 0 Å². The quantitative estimate of drug-likeness (QED) is 0.852. The van der Waals surface area contributed by atoms with Crippen molar-refractivity contribution < 1.29 is 18.7 Å². The van der Waals surface area contributed by atoms with Crippen molar-refractivity contribution >= 4 is 17.5 Å². The van der Waals surface area contributed by atoms with Crippen LogP contribution in [0.1, 0.15) is 10.4 Å². The molecular weight excluding hydrogens is 323 g/mol. The summed E-state index contributed by atoms with van der Waals surface area (Å²) in [7, 11) is 0. The number of halogens is 1. The minimum atomic E-state index is -0.353. The Morgan fingerprint density at radius 2 is 1.92 bits per heavy atom. The van der Waals surface area contributed by atoms with Crippen LogP contribution in [0, 0.1) is 5.82 Å². The fourth-order valence-electron chi connectivity index (χ4n) is 2.48. The Bertz CT molecular complexity index is 799. The van der Waals surface area contributed by atoms with Crippen LogP contribution in [0.25, 0.3) is 0 Å². The molecule has 2 aromatic rings. The Labute approximate surface area is 144 Å². The first-order valence-corrected chi connectivity index (χ1v) is 7.80. The van der Waals surface area contributed by atoms with Crippen LogP contribution < -0.4 is 10.1 Å². The van der Waals surface area contributed by atoms with Crippen molar-refractivity contribution in [3.8, 4) is 5.75 Å². The number of rotatable bonds is 5. The van der Waals surface area contributed by atoms with Gasteiger partial charge in [0.15, 0.2) is 0 Å². The van der Waals surface area contributed by atoms with Crippen LogP contribution in [0.3, 0.4) is 0 Å². The normalized spacial score (nSPS) is 13.7. The lowest BCUT2D eigenvalue weighted by atomic mass is 10.1. The van der Waals surface area contributed by atoms with Crippen LogP contribution in [0.5, 0.6) is 5.75 Å². The number of likely N-dealkylation sites (tertiary alicyclic amines) is 1. The largest absolute Gasteiger partial charge is 0.487 e. The number of carbonyl (C=O) groups excluding carboxylic acids is 2. The molecule has 0 unspecified atom stereocenters. The summed E-state index contributed by atoms with van der Waals surface area (Å²) in [4.78, 5) is 25.3. The summed E-state index contributed by atoms with van der Waals surface area (Å²) in [6.45, 7) is 4.28. The molecule has 1 saturated heterocycles. The average Bonchev–Trinajstić information content (AvgIpc) is 2.58. The van der Waals surface area contributed by atoms with Crippen LogP contribution in [-0.4, -0.2) is 35.9 Å². The van der Waals surface area contributed by atoms with E-state index in [1.807, 2.05) is 0 Å². The monoisotopic (exact) mass is 340 g/mol. The zero-order valence-corrected chi connectivity index (χ0v) is 13.4. The molecule has 1 fully saturated rings. The smallest absolute Gasteiger partial charge is 0.254 e. The first-order chi connectivity index (χ1) is 12.0. The Hall–Kier alpha value is -3.15. The number of hydrogen-bond donors (Lipinski definition) is 1. The molecule has 0 bridgehead atoms. The van der Waals surface area contributed by atoms with Crippen LogP contribution in [0.4, 0.5) is 10.1 Å². The number of amides is 2. The third-order valence-electron chi connectivity index (χ3n) is 3.82. The summed E-state index contributed by atoms with van der Waals surface area (Å²) in [6.07, 6.45) is 1.04. The molecule has 2 amide bonds. The third-order valence-corrected chi connectivity index (χ3v) is 3.82. The molecule has 0 saturated carbocycles. The van der Waals surface area contributed by atoms with Gasteiger partial charge in [0.25, 0.3) is 5.91 Å². The molecule has 0 radical (unpaired) electrons. The molecule has 6 heteroatoms. The maximum absolute atomic E-state index is 13.1. The van der Waals surface area contributed by atoms with E-state index in [0.717, 1.165) is 0 Å². The van der Waals surface area contributed by atoms with E-state index < -0.39 is 0 Å². The lowest BCUT2D eigenvalue weighted by Gasteiger charge is -2.39. The van der Waals surface area contributed by atoms with Gasteiger partial charge in [-0.25, -0.2) is 4.39 Å². The fourth-order valence-corrected chi connectivity index (χ4v) is 2.48. The third kappa shape index (κ3) is 4.03. The molecule has 1 heterocycles. The molecule has 25 heavy (non-hydrogen) atoms. The van der Waals surface area contributed by atoms with Gasteiger partial charge in [0.1, 0.15) is 17.7 Å². The zero-order valence-electron chi connectivity index (χ0n) is 13.4. The van der Waals surface area contributed by atoms with Crippen LogP contribution >= 0.6 is 0 Å². The molecule has 2 aromatic carbocycles. The predicted molar refractivity (Wildman–Crippen MR) is 92.0 cm³/mol. The second-order valence-electron chi connectivity index (χ2n) is 5.68. The first kappa shape index (κ1) is 16.7. The lowest BCUT2D eigenvalue weighted by Crippen LogP contribution is -2.56. The Balaban J connectivity index is 1.53. The second kappa shape index (κ2) is 7.17. The summed E-state index contributed by atoms with van der Waals surface area (Å²) in [5, 5.41) is 2.62. The van der Waals surface area contributed by atoms with Crippen molar-refractivity contribution in [2.24, 2.45) is 0 Å². The molecule has 128 valence electrons. The van der Waals surface area contributed by atoms with E-state index in [1.54, 1.807) is 41.3 Å². The van der Waals surface area contributed by atoms with Gasteiger partial charge in [0, 0.05) is 17.3 Å². The first-order valence-electron chi connectivity index (χ1n) is 7.80. The van der Waals surface area contributed by atoms with E-state index in [9.17, 15) is 14.0 Å². The fraction of sp³-hybridized carbons (Fsp3) is 0.158. The number of nitrogens with zero attached hydrogens (tertiary/aromatic N) is 1. The molecule has 1 N–H and O–H groups in total. The van der Waals surface area contributed by atoms with Gasteiger partial charge in [-0.1, -0.05) is 12.6 Å². The summed E-state index contributed by atoms with van der Waals surface area (Å²) in [5.74, 6) is -0.312. The standard InChI is InChI=1S/C19H17FN2O3/c1-2-18(23)21-15-8-6-13(7-9-15)19(24)22-11-17(12-22)25-16-5-3-4-14(20)10-16/h2-10,17H,1,11-12H2,(H,21,23). The molecule has 0 aliphatic carbocycles. The van der Waals surface area contributed by atoms with E-state index >= 15 is 0 Å². The molecule has 3 rings (SSSR count). The summed E-state index contributed by atoms with van der Waals surface area (Å²) in [6, 6.07) is 12.6. The van der Waals surface area contributed by atoms with Gasteiger partial charge >= 0.3 is 0 Å². The SMILES string of the molecule is C=CC(=O)Nc1ccc(C(=O)N2CC(Oc3cccc(F)c3)C2)cc1. The van der Waals surface area contributed by atoms with Gasteiger partial charge in [0.2, 0.25) is 5.91 Å². The van der Waals surface area contributed by atoms with Crippen molar-refractivity contribution in [2.45, 2.75) is 6.10 Å². The molecule has 1 aliphatic rings. The van der Waals surface area contributed by atoms with Crippen molar-refractivity contribution in [1.82, 2.24) is 4.90 Å².